The zero-order valence-corrected chi connectivity index (χ0v) is 10.9. The van der Waals surface area contributed by atoms with Gasteiger partial charge in [-0.15, -0.1) is 0 Å². The molecule has 0 atom stereocenters. The highest BCUT2D eigenvalue weighted by Crippen LogP contribution is 2.29. The Labute approximate surface area is 106 Å². The van der Waals surface area contributed by atoms with Gasteiger partial charge in [0.05, 0.1) is 0 Å². The third kappa shape index (κ3) is 3.08. The van der Waals surface area contributed by atoms with E-state index < -0.39 is 0 Å². The molecule has 0 radical (unpaired) electrons. The van der Waals surface area contributed by atoms with Crippen LogP contribution in [-0.2, 0) is 6.54 Å². The summed E-state index contributed by atoms with van der Waals surface area (Å²) in [6.07, 6.45) is 1.85. The molecule has 0 aliphatic carbocycles. The molecule has 0 unspecified atom stereocenters. The van der Waals surface area contributed by atoms with E-state index in [1.807, 2.05) is 6.20 Å². The van der Waals surface area contributed by atoms with Gasteiger partial charge < -0.3 is 5.73 Å². The lowest BCUT2D eigenvalue weighted by Gasteiger charge is -2.06. The molecule has 2 rings (SSSR count). The molecular formula is C14H16N2S. The SMILES string of the molecule is Cc1cccc(Sc2ncc(CN)cc2C)c1. The number of hydrogen-bond donors (Lipinski definition) is 1. The van der Waals surface area contributed by atoms with Crippen molar-refractivity contribution in [3.8, 4) is 0 Å². The van der Waals surface area contributed by atoms with Crippen LogP contribution >= 0.6 is 11.8 Å². The first-order chi connectivity index (χ1) is 8.19. The van der Waals surface area contributed by atoms with Crippen LogP contribution in [0.2, 0.25) is 0 Å². The van der Waals surface area contributed by atoms with E-state index in [9.17, 15) is 0 Å². The lowest BCUT2D eigenvalue weighted by Crippen LogP contribution is -1.98. The standard InChI is InChI=1S/C14H16N2S/c1-10-4-3-5-13(6-10)17-14-11(2)7-12(8-15)9-16-14/h3-7,9H,8,15H2,1-2H3. The van der Waals surface area contributed by atoms with Gasteiger partial charge >= 0.3 is 0 Å². The summed E-state index contributed by atoms with van der Waals surface area (Å²) in [6, 6.07) is 10.5. The summed E-state index contributed by atoms with van der Waals surface area (Å²) in [6.45, 7) is 4.72. The highest BCUT2D eigenvalue weighted by molar-refractivity contribution is 7.99. The molecule has 0 bridgehead atoms. The first-order valence-electron chi connectivity index (χ1n) is 5.59. The molecule has 2 nitrogen and oxygen atoms in total. The van der Waals surface area contributed by atoms with Gasteiger partial charge in [-0.25, -0.2) is 4.98 Å². The fraction of sp³-hybridized carbons (Fsp3) is 0.214. The van der Waals surface area contributed by atoms with Crippen molar-refractivity contribution in [2.24, 2.45) is 5.73 Å². The van der Waals surface area contributed by atoms with Crippen LogP contribution in [-0.4, -0.2) is 4.98 Å². The maximum Gasteiger partial charge on any atom is 0.104 e. The van der Waals surface area contributed by atoms with E-state index in [1.165, 1.54) is 16.0 Å². The Balaban J connectivity index is 2.24. The van der Waals surface area contributed by atoms with Gasteiger partial charge in [-0.1, -0.05) is 35.5 Å². The molecule has 1 aromatic heterocycles. The van der Waals surface area contributed by atoms with Crippen LogP contribution < -0.4 is 5.73 Å². The molecule has 3 heteroatoms. The Morgan fingerprint density at radius 1 is 1.24 bits per heavy atom. The summed E-state index contributed by atoms with van der Waals surface area (Å²) < 4.78 is 0. The molecule has 0 aliphatic heterocycles. The van der Waals surface area contributed by atoms with Crippen molar-refractivity contribution >= 4 is 11.8 Å². The number of nitrogens with two attached hydrogens (primary N) is 1. The van der Waals surface area contributed by atoms with E-state index in [0.29, 0.717) is 6.54 Å². The van der Waals surface area contributed by atoms with Crippen LogP contribution in [0.15, 0.2) is 46.5 Å². The molecule has 1 heterocycles. The number of hydrogen-bond acceptors (Lipinski definition) is 3. The second-order valence-electron chi connectivity index (χ2n) is 4.09. The van der Waals surface area contributed by atoms with Gasteiger partial charge in [-0.2, -0.15) is 0 Å². The van der Waals surface area contributed by atoms with Crippen LogP contribution in [0.3, 0.4) is 0 Å². The van der Waals surface area contributed by atoms with Crippen LogP contribution in [0.5, 0.6) is 0 Å². The van der Waals surface area contributed by atoms with Crippen LogP contribution in [0.25, 0.3) is 0 Å². The van der Waals surface area contributed by atoms with Crippen molar-refractivity contribution in [3.63, 3.8) is 0 Å². The van der Waals surface area contributed by atoms with Crippen LogP contribution in [0.1, 0.15) is 16.7 Å². The number of aryl methyl sites for hydroxylation is 2. The number of nitrogens with zero attached hydrogens (tertiary/aromatic N) is 1. The zero-order valence-electron chi connectivity index (χ0n) is 10.1. The lowest BCUT2D eigenvalue weighted by molar-refractivity contribution is 0.988. The van der Waals surface area contributed by atoms with Crippen molar-refractivity contribution in [2.75, 3.05) is 0 Å². The van der Waals surface area contributed by atoms with Gasteiger partial charge in [0.2, 0.25) is 0 Å². The molecule has 0 saturated carbocycles. The van der Waals surface area contributed by atoms with Crippen LogP contribution in [0.4, 0.5) is 0 Å². The number of pyridine rings is 1. The van der Waals surface area contributed by atoms with Crippen molar-refractivity contribution in [1.82, 2.24) is 4.98 Å². The summed E-state index contributed by atoms with van der Waals surface area (Å²) >= 11 is 1.70. The Morgan fingerprint density at radius 2 is 2.06 bits per heavy atom. The third-order valence-corrected chi connectivity index (χ3v) is 3.64. The summed E-state index contributed by atoms with van der Waals surface area (Å²) in [5.74, 6) is 0. The van der Waals surface area contributed by atoms with E-state index in [4.69, 9.17) is 5.73 Å². The Kier molecular flexibility index (Phi) is 3.82. The second kappa shape index (κ2) is 5.34. The van der Waals surface area contributed by atoms with Gasteiger partial charge in [0.1, 0.15) is 5.03 Å². The molecule has 0 aliphatic rings. The number of benzene rings is 1. The van der Waals surface area contributed by atoms with Gasteiger partial charge in [-0.05, 0) is 37.1 Å². The lowest BCUT2D eigenvalue weighted by atomic mass is 10.2. The van der Waals surface area contributed by atoms with E-state index in [0.717, 1.165) is 10.6 Å². The first-order valence-corrected chi connectivity index (χ1v) is 6.41. The van der Waals surface area contributed by atoms with E-state index >= 15 is 0 Å². The van der Waals surface area contributed by atoms with Gasteiger partial charge in [-0.3, -0.25) is 0 Å². The molecule has 0 fully saturated rings. The Morgan fingerprint density at radius 3 is 2.71 bits per heavy atom. The van der Waals surface area contributed by atoms with Gasteiger partial charge in [0, 0.05) is 17.6 Å². The number of rotatable bonds is 3. The quantitative estimate of drug-likeness (QED) is 0.900. The molecule has 88 valence electrons. The van der Waals surface area contributed by atoms with Gasteiger partial charge in [0.15, 0.2) is 0 Å². The molecule has 2 N–H and O–H groups in total. The fourth-order valence-electron chi connectivity index (χ4n) is 1.63. The van der Waals surface area contributed by atoms with E-state index in [2.05, 4.69) is 49.2 Å². The highest BCUT2D eigenvalue weighted by atomic mass is 32.2. The van der Waals surface area contributed by atoms with Crippen molar-refractivity contribution in [1.29, 1.82) is 0 Å². The highest BCUT2D eigenvalue weighted by Gasteiger charge is 2.03. The summed E-state index contributed by atoms with van der Waals surface area (Å²) in [4.78, 5) is 5.68. The molecule has 2 aromatic rings. The minimum absolute atomic E-state index is 0.545. The third-order valence-electron chi connectivity index (χ3n) is 2.53. The molecule has 0 spiro atoms. The molecule has 17 heavy (non-hydrogen) atoms. The van der Waals surface area contributed by atoms with E-state index in [1.54, 1.807) is 11.8 Å². The van der Waals surface area contributed by atoms with Crippen molar-refractivity contribution in [2.45, 2.75) is 30.3 Å². The Hall–Kier alpha value is -1.32. The minimum Gasteiger partial charge on any atom is -0.326 e. The average Bonchev–Trinajstić information content (AvgIpc) is 2.32. The summed E-state index contributed by atoms with van der Waals surface area (Å²) in [5, 5.41) is 1.05. The maximum atomic E-state index is 5.59. The van der Waals surface area contributed by atoms with Crippen molar-refractivity contribution in [3.05, 3.63) is 53.2 Å². The van der Waals surface area contributed by atoms with Crippen molar-refractivity contribution < 1.29 is 0 Å². The Bertz CT molecular complexity index is 523. The average molecular weight is 244 g/mol. The van der Waals surface area contributed by atoms with E-state index in [-0.39, 0.29) is 0 Å². The molecular weight excluding hydrogens is 228 g/mol. The zero-order chi connectivity index (χ0) is 12.3. The molecule has 0 amide bonds. The van der Waals surface area contributed by atoms with Gasteiger partial charge in [0.25, 0.3) is 0 Å². The maximum absolute atomic E-state index is 5.59. The largest absolute Gasteiger partial charge is 0.326 e. The predicted octanol–water partition coefficient (Wildman–Crippen LogP) is 3.31. The summed E-state index contributed by atoms with van der Waals surface area (Å²) in [5.41, 5.74) is 9.12. The first kappa shape index (κ1) is 12.1. The van der Waals surface area contributed by atoms with Crippen LogP contribution in [0, 0.1) is 13.8 Å². The smallest absolute Gasteiger partial charge is 0.104 e. The number of aromatic nitrogens is 1. The summed E-state index contributed by atoms with van der Waals surface area (Å²) in [7, 11) is 0. The molecule has 1 aromatic carbocycles. The topological polar surface area (TPSA) is 38.9 Å². The minimum atomic E-state index is 0.545. The monoisotopic (exact) mass is 244 g/mol. The second-order valence-corrected chi connectivity index (χ2v) is 5.15. The predicted molar refractivity (Wildman–Crippen MR) is 72.2 cm³/mol. The normalized spacial score (nSPS) is 10.5. The molecule has 0 saturated heterocycles. The fourth-order valence-corrected chi connectivity index (χ4v) is 2.57.